The Morgan fingerprint density at radius 3 is 1.22 bits per heavy atom. The maximum Gasteiger partial charge on any atom is 0.493 e. The van der Waals surface area contributed by atoms with Crippen LogP contribution < -0.4 is 50.7 Å². The topological polar surface area (TPSA) is 271 Å². The minimum absolute atomic E-state index is 0.0370. The smallest absolute Gasteiger partial charge is 0.493 e. The summed E-state index contributed by atoms with van der Waals surface area (Å²) < 4.78 is 25.7. The Labute approximate surface area is 526 Å². The van der Waals surface area contributed by atoms with Gasteiger partial charge in [-0.05, 0) is 178 Å². The molecule has 462 valence electrons. The van der Waals surface area contributed by atoms with Gasteiger partial charge in [0.05, 0.1) is 74.3 Å². The summed E-state index contributed by atoms with van der Waals surface area (Å²) in [6.07, 6.45) is 9.68. The third-order valence-electron chi connectivity index (χ3n) is 16.0. The van der Waals surface area contributed by atoms with Gasteiger partial charge in [0.25, 0.3) is 5.56 Å². The molecule has 0 aliphatic heterocycles. The summed E-state index contributed by atoms with van der Waals surface area (Å²) in [5.41, 5.74) is 6.86. The van der Waals surface area contributed by atoms with E-state index in [-0.39, 0.29) is 34.6 Å². The Morgan fingerprint density at radius 2 is 0.856 bits per heavy atom. The Kier molecular flexibility index (Phi) is 20.4. The molecule has 0 radical (unpaired) electrons. The zero-order valence-electron chi connectivity index (χ0n) is 51.1. The number of rotatable bonds is 17. The van der Waals surface area contributed by atoms with Crippen LogP contribution in [0.15, 0.2) is 169 Å². The van der Waals surface area contributed by atoms with E-state index in [9.17, 15) is 19.2 Å². The highest BCUT2D eigenvalue weighted by Gasteiger charge is 2.53. The first kappa shape index (κ1) is 64.5. The van der Waals surface area contributed by atoms with Crippen molar-refractivity contribution >= 4 is 59.4 Å². The number of carbonyl (C=O) groups excluding carboxylic acids is 3. The van der Waals surface area contributed by atoms with E-state index in [1.54, 1.807) is 71.2 Å². The number of benzene rings is 3. The Balaban J connectivity index is 0.000000149. The number of H-pyrrole nitrogens is 1. The predicted molar refractivity (Wildman–Crippen MR) is 346 cm³/mol. The van der Waals surface area contributed by atoms with Crippen LogP contribution in [0.5, 0.6) is 29.0 Å². The molecule has 3 amide bonds. The summed E-state index contributed by atoms with van der Waals surface area (Å²) in [5, 5.41) is 26.8. The number of aromatic amines is 1. The standard InChI is InChI=1S/C23H23N3O3.C22H21N3O3.C17H17ClN2O2.C6H8BNO3/c1-15-6-11-19(25-20(15)18-5-4-14-24-21(18)29-3)26-22(27)23(12-13-23)16-7-9-17(28-2)10-8-16;1-14-5-10-18(24-19(14)17-4-3-13-23-20(17)26)25-21(27)22(11-12-22)15-6-8-16(28-2)9-7-15;1-11-3-8-14(19-15(11)18)20-16(21)17(9-10-17)12-4-6-13(22-2)7-5-12;1-11-6-5(7(9)10)3-2-4-8-6/h4-11,14H,12-13H2,1-3H3,(H,25,26,27);3-10,13H,11-12H2,1-2H3,(H,23,26)(H,24,25,27);3-8H,9-10H2,1-2H3,(H,19,20,21);2-4,9-10H,1H3. The molecule has 0 saturated heterocycles. The van der Waals surface area contributed by atoms with E-state index in [1.165, 1.54) is 19.4 Å². The third-order valence-corrected chi connectivity index (χ3v) is 16.4. The van der Waals surface area contributed by atoms with Crippen LogP contribution in [0.2, 0.25) is 5.15 Å². The van der Waals surface area contributed by atoms with Crippen molar-refractivity contribution in [3.63, 3.8) is 0 Å². The SMILES string of the molecule is COc1ccc(C2(C(=O)Nc3ccc(C)c(-c4ccc[nH]c4=O)n3)CC2)cc1.COc1ccc(C2(C(=O)Nc3ccc(C)c(-c4cccnc4OC)n3)CC2)cc1.COc1ccc(C2(C(=O)Nc3ccc(C)c(Cl)n3)CC2)cc1.COc1ncccc1B(O)O. The lowest BCUT2D eigenvalue weighted by molar-refractivity contribution is -0.119. The van der Waals surface area contributed by atoms with Crippen molar-refractivity contribution in [1.82, 2.24) is 29.9 Å². The quantitative estimate of drug-likeness (QED) is 0.0365. The number of nitrogens with one attached hydrogen (secondary N) is 4. The van der Waals surface area contributed by atoms with E-state index in [0.717, 1.165) is 100 Å². The molecule has 3 aromatic carbocycles. The number of carbonyl (C=O) groups is 3. The molecule has 6 aromatic heterocycles. The average Bonchev–Trinajstić information content (AvgIpc) is 1.70. The molecule has 3 saturated carbocycles. The molecule has 0 spiro atoms. The fourth-order valence-corrected chi connectivity index (χ4v) is 10.3. The largest absolute Gasteiger partial charge is 0.497 e. The number of anilines is 3. The molecular formula is C68H69BClN9O11. The molecule has 0 atom stereocenters. The van der Waals surface area contributed by atoms with E-state index < -0.39 is 23.4 Å². The van der Waals surface area contributed by atoms with Gasteiger partial charge in [0.1, 0.15) is 39.9 Å². The van der Waals surface area contributed by atoms with Crippen molar-refractivity contribution < 1.29 is 48.1 Å². The van der Waals surface area contributed by atoms with Gasteiger partial charge >= 0.3 is 7.12 Å². The molecule has 3 aliphatic rings. The maximum atomic E-state index is 13.1. The zero-order valence-corrected chi connectivity index (χ0v) is 51.8. The van der Waals surface area contributed by atoms with Crippen LogP contribution in [0.1, 0.15) is 71.9 Å². The molecule has 3 aliphatic carbocycles. The molecule has 22 heteroatoms. The minimum Gasteiger partial charge on any atom is -0.497 e. The first-order valence-electron chi connectivity index (χ1n) is 28.9. The van der Waals surface area contributed by atoms with Crippen LogP contribution in [-0.4, -0.2) is 100 Å². The third kappa shape index (κ3) is 14.8. The van der Waals surface area contributed by atoms with Crippen molar-refractivity contribution in [2.45, 2.75) is 75.5 Å². The Morgan fingerprint density at radius 1 is 0.478 bits per heavy atom. The Bertz CT molecular complexity index is 4070. The highest BCUT2D eigenvalue weighted by molar-refractivity contribution is 6.59. The number of aromatic nitrogens is 6. The number of hydrogen-bond acceptors (Lipinski definition) is 16. The van der Waals surface area contributed by atoms with Gasteiger partial charge in [-0.2, -0.15) is 0 Å². The first-order valence-corrected chi connectivity index (χ1v) is 29.3. The number of ether oxygens (including phenoxy) is 5. The van der Waals surface area contributed by atoms with E-state index in [4.69, 9.17) is 45.3 Å². The fraction of sp³-hybridized carbons (Fsp3) is 0.250. The summed E-state index contributed by atoms with van der Waals surface area (Å²) in [6, 6.07) is 44.3. The lowest BCUT2D eigenvalue weighted by Crippen LogP contribution is -2.31. The molecule has 9 aromatic rings. The summed E-state index contributed by atoms with van der Waals surface area (Å²) >= 11 is 6.00. The number of methoxy groups -OCH3 is 5. The molecule has 0 bridgehead atoms. The Hall–Kier alpha value is -9.96. The van der Waals surface area contributed by atoms with Crippen molar-refractivity contribution in [1.29, 1.82) is 0 Å². The average molecular weight is 1230 g/mol. The van der Waals surface area contributed by atoms with Crippen LogP contribution in [0.3, 0.4) is 0 Å². The molecule has 0 unspecified atom stereocenters. The van der Waals surface area contributed by atoms with Crippen molar-refractivity contribution in [2.75, 3.05) is 51.5 Å². The van der Waals surface area contributed by atoms with Gasteiger partial charge in [0.2, 0.25) is 29.5 Å². The van der Waals surface area contributed by atoms with Gasteiger partial charge < -0.3 is 54.7 Å². The first-order chi connectivity index (χ1) is 43.4. The number of aryl methyl sites for hydroxylation is 3. The van der Waals surface area contributed by atoms with Crippen molar-refractivity contribution in [2.24, 2.45) is 0 Å². The molecule has 20 nitrogen and oxygen atoms in total. The molecule has 12 rings (SSSR count). The minimum atomic E-state index is -1.53. The van der Waals surface area contributed by atoms with Gasteiger partial charge in [0.15, 0.2) is 0 Å². The zero-order chi connectivity index (χ0) is 64.2. The highest BCUT2D eigenvalue weighted by Crippen LogP contribution is 2.51. The van der Waals surface area contributed by atoms with Crippen LogP contribution in [0, 0.1) is 20.8 Å². The predicted octanol–water partition coefficient (Wildman–Crippen LogP) is 10.1. The van der Waals surface area contributed by atoms with Crippen LogP contribution in [0.4, 0.5) is 17.5 Å². The normalized spacial score (nSPS) is 13.9. The second-order valence-electron chi connectivity index (χ2n) is 21.8. The summed E-state index contributed by atoms with van der Waals surface area (Å²) in [4.78, 5) is 74.9. The summed E-state index contributed by atoms with van der Waals surface area (Å²) in [7, 11) is 6.35. The van der Waals surface area contributed by atoms with Crippen molar-refractivity contribution in [3.05, 3.63) is 213 Å². The van der Waals surface area contributed by atoms with Crippen LogP contribution >= 0.6 is 11.6 Å². The molecule has 90 heavy (non-hydrogen) atoms. The molecule has 6 heterocycles. The second-order valence-corrected chi connectivity index (χ2v) is 22.1. The maximum absolute atomic E-state index is 13.1. The molecule has 3 fully saturated rings. The van der Waals surface area contributed by atoms with Gasteiger partial charge in [0, 0.05) is 24.1 Å². The van der Waals surface area contributed by atoms with Crippen LogP contribution in [0.25, 0.3) is 22.5 Å². The monoisotopic (exact) mass is 1230 g/mol. The number of hydrogen-bond donors (Lipinski definition) is 6. The fourth-order valence-electron chi connectivity index (χ4n) is 10.2. The van der Waals surface area contributed by atoms with Gasteiger partial charge in [-0.15, -0.1) is 0 Å². The second kappa shape index (κ2) is 28.5. The van der Waals surface area contributed by atoms with Gasteiger partial charge in [-0.3, -0.25) is 19.2 Å². The highest BCUT2D eigenvalue weighted by atomic mass is 35.5. The van der Waals surface area contributed by atoms with E-state index >= 15 is 0 Å². The molecular weight excluding hydrogens is 1170 g/mol. The van der Waals surface area contributed by atoms with Gasteiger partial charge in [-0.25, -0.2) is 24.9 Å². The number of nitrogens with zero attached hydrogens (tertiary/aromatic N) is 5. The number of amides is 3. The number of pyridine rings is 6. The lowest BCUT2D eigenvalue weighted by atomic mass is 9.81. The molecule has 6 N–H and O–H groups in total. The van der Waals surface area contributed by atoms with Crippen LogP contribution in [-0.2, 0) is 30.6 Å². The summed E-state index contributed by atoms with van der Waals surface area (Å²) in [5.74, 6) is 4.35. The number of halogens is 1. The van der Waals surface area contributed by atoms with Crippen molar-refractivity contribution in [3.8, 4) is 51.5 Å². The van der Waals surface area contributed by atoms with E-state index in [1.807, 2.05) is 130 Å². The van der Waals surface area contributed by atoms with Gasteiger partial charge in [-0.1, -0.05) is 72.3 Å². The summed E-state index contributed by atoms with van der Waals surface area (Å²) in [6.45, 7) is 5.74. The van der Waals surface area contributed by atoms with E-state index in [0.29, 0.717) is 39.7 Å². The lowest BCUT2D eigenvalue weighted by Gasteiger charge is -2.17. The van der Waals surface area contributed by atoms with E-state index in [2.05, 4.69) is 45.9 Å².